The molecule has 0 saturated heterocycles. The molecule has 1 atom stereocenters. The number of amides is 1. The lowest BCUT2D eigenvalue weighted by atomic mass is 9.95. The standard InChI is InChI=1S/C20H28N6O/c1-14(20-22-23-24-26(20)17-8-4-3-5-9-17)25-12-11-18-16(13-25)7-6-10-19(18)21-15(2)27/h6-7,10,14,17H,3-5,8-9,11-13H2,1-2H3,(H,21,27). The van der Waals surface area contributed by atoms with Crippen LogP contribution in [0, 0.1) is 0 Å². The van der Waals surface area contributed by atoms with Crippen molar-refractivity contribution in [2.75, 3.05) is 11.9 Å². The zero-order valence-electron chi connectivity index (χ0n) is 16.2. The second-order valence-electron chi connectivity index (χ2n) is 7.79. The molecule has 7 nitrogen and oxygen atoms in total. The topological polar surface area (TPSA) is 75.9 Å². The summed E-state index contributed by atoms with van der Waals surface area (Å²) in [5, 5.41) is 15.7. The third-order valence-corrected chi connectivity index (χ3v) is 5.97. The molecule has 1 N–H and O–H groups in total. The van der Waals surface area contributed by atoms with Gasteiger partial charge in [0.2, 0.25) is 5.91 Å². The molecule has 1 aromatic carbocycles. The predicted molar refractivity (Wildman–Crippen MR) is 103 cm³/mol. The van der Waals surface area contributed by atoms with Crippen LogP contribution in [0.2, 0.25) is 0 Å². The van der Waals surface area contributed by atoms with Crippen molar-refractivity contribution in [2.24, 2.45) is 0 Å². The van der Waals surface area contributed by atoms with Gasteiger partial charge in [-0.05, 0) is 53.8 Å². The molecule has 1 amide bonds. The van der Waals surface area contributed by atoms with E-state index in [1.807, 2.05) is 12.1 Å². The molecular weight excluding hydrogens is 340 g/mol. The van der Waals surface area contributed by atoms with Gasteiger partial charge in [0.25, 0.3) is 0 Å². The first kappa shape index (κ1) is 18.1. The van der Waals surface area contributed by atoms with Crippen LogP contribution >= 0.6 is 0 Å². The molecule has 1 aliphatic carbocycles. The summed E-state index contributed by atoms with van der Waals surface area (Å²) in [6, 6.07) is 6.77. The fourth-order valence-corrected chi connectivity index (χ4v) is 4.49. The Bertz CT molecular complexity index is 811. The Hall–Kier alpha value is -2.28. The summed E-state index contributed by atoms with van der Waals surface area (Å²) in [5.41, 5.74) is 3.47. The fourth-order valence-electron chi connectivity index (χ4n) is 4.49. The predicted octanol–water partition coefficient (Wildman–Crippen LogP) is 3.26. The van der Waals surface area contributed by atoms with E-state index in [1.54, 1.807) is 6.92 Å². The molecule has 1 fully saturated rings. The monoisotopic (exact) mass is 368 g/mol. The van der Waals surface area contributed by atoms with E-state index in [4.69, 9.17) is 0 Å². The SMILES string of the molecule is CC(=O)Nc1cccc2c1CCN(C(C)c1nnnn1C1CCCCC1)C2. The van der Waals surface area contributed by atoms with Crippen LogP contribution in [0.1, 0.15) is 75.0 Å². The molecule has 2 heterocycles. The highest BCUT2D eigenvalue weighted by Gasteiger charge is 2.29. The number of fused-ring (bicyclic) bond motifs is 1. The number of carbonyl (C=O) groups excluding carboxylic acids is 1. The molecule has 27 heavy (non-hydrogen) atoms. The van der Waals surface area contributed by atoms with Gasteiger partial charge in [-0.25, -0.2) is 4.68 Å². The minimum atomic E-state index is -0.0224. The van der Waals surface area contributed by atoms with E-state index in [0.29, 0.717) is 6.04 Å². The van der Waals surface area contributed by atoms with Crippen LogP contribution in [-0.4, -0.2) is 37.6 Å². The Kier molecular flexibility index (Phi) is 5.20. The normalized spacial score (nSPS) is 19.5. The van der Waals surface area contributed by atoms with Crippen molar-refractivity contribution in [2.45, 2.75) is 71.0 Å². The zero-order chi connectivity index (χ0) is 18.8. The number of nitrogens with one attached hydrogen (secondary N) is 1. The first-order chi connectivity index (χ1) is 13.1. The smallest absolute Gasteiger partial charge is 0.221 e. The average molecular weight is 368 g/mol. The number of carbonyl (C=O) groups is 1. The Morgan fingerprint density at radius 1 is 1.26 bits per heavy atom. The van der Waals surface area contributed by atoms with Crippen molar-refractivity contribution in [3.63, 3.8) is 0 Å². The molecule has 2 aromatic rings. The molecule has 1 saturated carbocycles. The van der Waals surface area contributed by atoms with Crippen LogP contribution in [0.15, 0.2) is 18.2 Å². The van der Waals surface area contributed by atoms with E-state index < -0.39 is 0 Å². The van der Waals surface area contributed by atoms with E-state index in [0.717, 1.165) is 31.0 Å². The highest BCUT2D eigenvalue weighted by molar-refractivity contribution is 5.89. The minimum Gasteiger partial charge on any atom is -0.326 e. The van der Waals surface area contributed by atoms with Crippen LogP contribution < -0.4 is 5.32 Å². The van der Waals surface area contributed by atoms with Crippen LogP contribution in [-0.2, 0) is 17.8 Å². The van der Waals surface area contributed by atoms with E-state index >= 15 is 0 Å². The van der Waals surface area contributed by atoms with Gasteiger partial charge in [-0.1, -0.05) is 31.4 Å². The molecule has 1 aromatic heterocycles. The quantitative estimate of drug-likeness (QED) is 0.896. The van der Waals surface area contributed by atoms with Gasteiger partial charge in [-0.2, -0.15) is 0 Å². The molecule has 1 unspecified atom stereocenters. The third kappa shape index (κ3) is 3.74. The van der Waals surface area contributed by atoms with Crippen molar-refractivity contribution < 1.29 is 4.79 Å². The lowest BCUT2D eigenvalue weighted by Gasteiger charge is -2.34. The second-order valence-corrected chi connectivity index (χ2v) is 7.79. The molecule has 144 valence electrons. The summed E-state index contributed by atoms with van der Waals surface area (Å²) in [6.07, 6.45) is 7.12. The van der Waals surface area contributed by atoms with Gasteiger partial charge in [0.05, 0.1) is 12.1 Å². The number of aromatic nitrogens is 4. The largest absolute Gasteiger partial charge is 0.326 e. The second kappa shape index (κ2) is 7.76. The lowest BCUT2D eigenvalue weighted by molar-refractivity contribution is -0.114. The highest BCUT2D eigenvalue weighted by Crippen LogP contribution is 2.33. The molecule has 0 spiro atoms. The minimum absolute atomic E-state index is 0.0224. The summed E-state index contributed by atoms with van der Waals surface area (Å²) in [5.74, 6) is 0.953. The van der Waals surface area contributed by atoms with Crippen molar-refractivity contribution in [3.05, 3.63) is 35.2 Å². The summed E-state index contributed by atoms with van der Waals surface area (Å²) in [7, 11) is 0. The fraction of sp³-hybridized carbons (Fsp3) is 0.600. The molecule has 4 rings (SSSR count). The third-order valence-electron chi connectivity index (χ3n) is 5.97. The van der Waals surface area contributed by atoms with Crippen LogP contribution in [0.3, 0.4) is 0 Å². The van der Waals surface area contributed by atoms with Crippen molar-refractivity contribution in [1.29, 1.82) is 0 Å². The zero-order valence-corrected chi connectivity index (χ0v) is 16.2. The molecule has 0 bridgehead atoms. The molecule has 7 heteroatoms. The van der Waals surface area contributed by atoms with Crippen LogP contribution in [0.5, 0.6) is 0 Å². The summed E-state index contributed by atoms with van der Waals surface area (Å²) in [6.45, 7) is 5.54. The Morgan fingerprint density at radius 2 is 2.07 bits per heavy atom. The van der Waals surface area contributed by atoms with Gasteiger partial charge in [0.15, 0.2) is 5.82 Å². The van der Waals surface area contributed by atoms with Gasteiger partial charge >= 0.3 is 0 Å². The van der Waals surface area contributed by atoms with E-state index in [-0.39, 0.29) is 11.9 Å². The first-order valence-corrected chi connectivity index (χ1v) is 10.0. The maximum Gasteiger partial charge on any atom is 0.221 e. The van der Waals surface area contributed by atoms with Gasteiger partial charge < -0.3 is 5.32 Å². The number of hydrogen-bond acceptors (Lipinski definition) is 5. The van der Waals surface area contributed by atoms with E-state index in [9.17, 15) is 4.79 Å². The number of tetrazole rings is 1. The number of benzene rings is 1. The maximum atomic E-state index is 11.5. The van der Waals surface area contributed by atoms with E-state index in [2.05, 4.69) is 43.4 Å². The van der Waals surface area contributed by atoms with Gasteiger partial charge in [-0.15, -0.1) is 5.10 Å². The number of hydrogen-bond donors (Lipinski definition) is 1. The van der Waals surface area contributed by atoms with Gasteiger partial charge in [0, 0.05) is 25.7 Å². The number of anilines is 1. The Morgan fingerprint density at radius 3 is 2.85 bits per heavy atom. The summed E-state index contributed by atoms with van der Waals surface area (Å²) in [4.78, 5) is 13.9. The van der Waals surface area contributed by atoms with Crippen LogP contribution in [0.25, 0.3) is 0 Å². The summed E-state index contributed by atoms with van der Waals surface area (Å²) < 4.78 is 2.08. The first-order valence-electron chi connectivity index (χ1n) is 10.0. The maximum absolute atomic E-state index is 11.5. The van der Waals surface area contributed by atoms with Crippen molar-refractivity contribution in [1.82, 2.24) is 25.1 Å². The lowest BCUT2D eigenvalue weighted by Crippen LogP contribution is -2.35. The Labute approximate surface area is 160 Å². The Balaban J connectivity index is 1.53. The number of rotatable bonds is 4. The molecule has 2 aliphatic rings. The van der Waals surface area contributed by atoms with E-state index in [1.165, 1.54) is 43.2 Å². The van der Waals surface area contributed by atoms with Crippen LogP contribution in [0.4, 0.5) is 5.69 Å². The number of nitrogens with zero attached hydrogens (tertiary/aromatic N) is 5. The highest BCUT2D eigenvalue weighted by atomic mass is 16.1. The van der Waals surface area contributed by atoms with Crippen molar-refractivity contribution in [3.8, 4) is 0 Å². The molecular formula is C20H28N6O. The van der Waals surface area contributed by atoms with Gasteiger partial charge in [0.1, 0.15) is 0 Å². The average Bonchev–Trinajstić information content (AvgIpc) is 3.17. The summed E-state index contributed by atoms with van der Waals surface area (Å²) >= 11 is 0. The molecule has 0 radical (unpaired) electrons. The molecule has 1 aliphatic heterocycles. The van der Waals surface area contributed by atoms with Crippen molar-refractivity contribution >= 4 is 11.6 Å². The van der Waals surface area contributed by atoms with Gasteiger partial charge in [-0.3, -0.25) is 9.69 Å².